The lowest BCUT2D eigenvalue weighted by Crippen LogP contribution is -2.08. The minimum absolute atomic E-state index is 0.366. The van der Waals surface area contributed by atoms with Gasteiger partial charge in [-0.2, -0.15) is 0 Å². The fourth-order valence-electron chi connectivity index (χ4n) is 1.80. The number of aliphatic carboxylic acids is 2. The molecule has 0 bridgehead atoms. The molecule has 0 spiro atoms. The van der Waals surface area contributed by atoms with E-state index in [4.69, 9.17) is 10.2 Å². The van der Waals surface area contributed by atoms with Gasteiger partial charge in [0, 0.05) is 12.5 Å². The van der Waals surface area contributed by atoms with Crippen molar-refractivity contribution in [3.8, 4) is 0 Å². The Morgan fingerprint density at radius 2 is 1.69 bits per heavy atom. The maximum absolute atomic E-state index is 10.2. The third-order valence-electron chi connectivity index (χ3n) is 2.67. The molecule has 92 valence electrons. The Balaban J connectivity index is 0.000000385. The highest BCUT2D eigenvalue weighted by Crippen LogP contribution is 2.26. The van der Waals surface area contributed by atoms with Gasteiger partial charge in [0.1, 0.15) is 0 Å². The Bertz CT molecular complexity index is 229. The summed E-state index contributed by atoms with van der Waals surface area (Å²) in [5.41, 5.74) is 0. The topological polar surface area (TPSA) is 74.6 Å². The number of carbonyl (C=O) groups is 2. The van der Waals surface area contributed by atoms with E-state index in [9.17, 15) is 9.59 Å². The lowest BCUT2D eigenvalue weighted by Gasteiger charge is -2.20. The molecule has 0 aromatic heterocycles. The normalized spacial score (nSPS) is 15.8. The Labute approximate surface area is 96.0 Å². The summed E-state index contributed by atoms with van der Waals surface area (Å²) in [5.74, 6) is -0.916. The Morgan fingerprint density at radius 1 is 1.19 bits per heavy atom. The SMILES string of the molecule is C=CC(=O)O.O=C(O)CCC1CCCCC1. The van der Waals surface area contributed by atoms with Crippen molar-refractivity contribution in [2.75, 3.05) is 0 Å². The molecule has 0 saturated heterocycles. The molecule has 1 aliphatic carbocycles. The van der Waals surface area contributed by atoms with Crippen molar-refractivity contribution in [3.63, 3.8) is 0 Å². The van der Waals surface area contributed by atoms with Gasteiger partial charge in [-0.05, 0) is 12.3 Å². The van der Waals surface area contributed by atoms with Crippen LogP contribution in [0, 0.1) is 5.92 Å². The first-order valence-corrected chi connectivity index (χ1v) is 5.63. The van der Waals surface area contributed by atoms with Crippen LogP contribution in [-0.4, -0.2) is 22.2 Å². The van der Waals surface area contributed by atoms with Crippen LogP contribution >= 0.6 is 0 Å². The monoisotopic (exact) mass is 228 g/mol. The highest BCUT2D eigenvalue weighted by atomic mass is 16.4. The van der Waals surface area contributed by atoms with Gasteiger partial charge in [-0.25, -0.2) is 4.79 Å². The molecule has 1 saturated carbocycles. The third-order valence-corrected chi connectivity index (χ3v) is 2.67. The maximum atomic E-state index is 10.2. The van der Waals surface area contributed by atoms with Crippen molar-refractivity contribution in [2.24, 2.45) is 5.92 Å². The first-order chi connectivity index (χ1) is 7.56. The van der Waals surface area contributed by atoms with Gasteiger partial charge in [-0.3, -0.25) is 4.79 Å². The molecule has 4 heteroatoms. The quantitative estimate of drug-likeness (QED) is 0.725. The minimum atomic E-state index is -0.981. The van der Waals surface area contributed by atoms with Crippen LogP contribution in [0.3, 0.4) is 0 Å². The fourth-order valence-corrected chi connectivity index (χ4v) is 1.80. The third kappa shape index (κ3) is 9.24. The highest BCUT2D eigenvalue weighted by Gasteiger charge is 2.13. The van der Waals surface area contributed by atoms with Gasteiger partial charge >= 0.3 is 11.9 Å². The van der Waals surface area contributed by atoms with Crippen molar-refractivity contribution in [1.82, 2.24) is 0 Å². The van der Waals surface area contributed by atoms with E-state index in [1.165, 1.54) is 32.1 Å². The Hall–Kier alpha value is -1.32. The van der Waals surface area contributed by atoms with Gasteiger partial charge in [-0.1, -0.05) is 38.7 Å². The molecule has 0 aromatic carbocycles. The zero-order chi connectivity index (χ0) is 12.4. The van der Waals surface area contributed by atoms with E-state index in [2.05, 4.69) is 6.58 Å². The average molecular weight is 228 g/mol. The second-order valence-electron chi connectivity index (χ2n) is 3.98. The molecule has 2 N–H and O–H groups in total. The number of hydrogen-bond acceptors (Lipinski definition) is 2. The lowest BCUT2D eigenvalue weighted by atomic mass is 9.86. The number of carboxylic acid groups (broad SMARTS) is 2. The van der Waals surface area contributed by atoms with Crippen LogP contribution in [-0.2, 0) is 9.59 Å². The van der Waals surface area contributed by atoms with Crippen molar-refractivity contribution in [2.45, 2.75) is 44.9 Å². The minimum Gasteiger partial charge on any atom is -0.481 e. The van der Waals surface area contributed by atoms with Crippen LogP contribution in [0.15, 0.2) is 12.7 Å². The summed E-state index contributed by atoms with van der Waals surface area (Å²) < 4.78 is 0. The molecule has 0 radical (unpaired) electrons. The summed E-state index contributed by atoms with van der Waals surface area (Å²) in [6.45, 7) is 2.96. The van der Waals surface area contributed by atoms with Crippen molar-refractivity contribution in [3.05, 3.63) is 12.7 Å². The van der Waals surface area contributed by atoms with Gasteiger partial charge in [-0.15, -0.1) is 0 Å². The summed E-state index contributed by atoms with van der Waals surface area (Å²) in [4.78, 5) is 19.5. The first kappa shape index (κ1) is 14.7. The summed E-state index contributed by atoms with van der Waals surface area (Å²) in [6, 6.07) is 0. The summed E-state index contributed by atoms with van der Waals surface area (Å²) in [7, 11) is 0. The predicted octanol–water partition coefficient (Wildman–Crippen LogP) is 2.69. The smallest absolute Gasteiger partial charge is 0.327 e. The highest BCUT2D eigenvalue weighted by molar-refractivity contribution is 5.78. The molecule has 0 heterocycles. The van der Waals surface area contributed by atoms with Crippen LogP contribution in [0.2, 0.25) is 0 Å². The van der Waals surface area contributed by atoms with Gasteiger partial charge < -0.3 is 10.2 Å². The molecular formula is C12H20O4. The fraction of sp³-hybridized carbons (Fsp3) is 0.667. The number of hydrogen-bond donors (Lipinski definition) is 2. The standard InChI is InChI=1S/C9H16O2.C3H4O2/c10-9(11)7-6-8-4-2-1-3-5-8;1-2-3(4)5/h8H,1-7H2,(H,10,11);2H,1H2,(H,4,5). The van der Waals surface area contributed by atoms with Crippen molar-refractivity contribution in [1.29, 1.82) is 0 Å². The molecule has 0 unspecified atom stereocenters. The summed E-state index contributed by atoms with van der Waals surface area (Å²) in [5, 5.41) is 16.0. The molecule has 16 heavy (non-hydrogen) atoms. The molecule has 0 atom stereocenters. The van der Waals surface area contributed by atoms with Crippen LogP contribution in [0.5, 0.6) is 0 Å². The molecule has 4 nitrogen and oxygen atoms in total. The molecule has 0 amide bonds. The number of carboxylic acids is 2. The molecule has 0 aliphatic heterocycles. The predicted molar refractivity (Wildman–Crippen MR) is 61.3 cm³/mol. The maximum Gasteiger partial charge on any atom is 0.327 e. The van der Waals surface area contributed by atoms with E-state index in [-0.39, 0.29) is 0 Å². The Morgan fingerprint density at radius 3 is 2.06 bits per heavy atom. The van der Waals surface area contributed by atoms with Crippen LogP contribution in [0.1, 0.15) is 44.9 Å². The van der Waals surface area contributed by atoms with Crippen LogP contribution in [0.4, 0.5) is 0 Å². The van der Waals surface area contributed by atoms with E-state index in [0.717, 1.165) is 12.5 Å². The van der Waals surface area contributed by atoms with E-state index >= 15 is 0 Å². The van der Waals surface area contributed by atoms with Crippen molar-refractivity contribution < 1.29 is 19.8 Å². The summed E-state index contributed by atoms with van der Waals surface area (Å²) in [6.07, 6.45) is 8.58. The average Bonchev–Trinajstić information content (AvgIpc) is 2.28. The van der Waals surface area contributed by atoms with Gasteiger partial charge in [0.15, 0.2) is 0 Å². The van der Waals surface area contributed by atoms with E-state index in [1.54, 1.807) is 0 Å². The molecule has 1 aliphatic rings. The Kier molecular flexibility index (Phi) is 8.21. The summed E-state index contributed by atoms with van der Waals surface area (Å²) >= 11 is 0. The van der Waals surface area contributed by atoms with Gasteiger partial charge in [0.2, 0.25) is 0 Å². The lowest BCUT2D eigenvalue weighted by molar-refractivity contribution is -0.137. The van der Waals surface area contributed by atoms with E-state index in [0.29, 0.717) is 12.3 Å². The van der Waals surface area contributed by atoms with Crippen molar-refractivity contribution >= 4 is 11.9 Å². The number of rotatable bonds is 4. The van der Waals surface area contributed by atoms with E-state index < -0.39 is 11.9 Å². The molecular weight excluding hydrogens is 208 g/mol. The second-order valence-corrected chi connectivity index (χ2v) is 3.98. The molecule has 1 fully saturated rings. The zero-order valence-corrected chi connectivity index (χ0v) is 9.52. The largest absolute Gasteiger partial charge is 0.481 e. The second kappa shape index (κ2) is 8.95. The van der Waals surface area contributed by atoms with Gasteiger partial charge in [0.25, 0.3) is 0 Å². The van der Waals surface area contributed by atoms with Crippen LogP contribution < -0.4 is 0 Å². The van der Waals surface area contributed by atoms with Gasteiger partial charge in [0.05, 0.1) is 0 Å². The first-order valence-electron chi connectivity index (χ1n) is 5.63. The van der Waals surface area contributed by atoms with E-state index in [1.807, 2.05) is 0 Å². The molecule has 1 rings (SSSR count). The van der Waals surface area contributed by atoms with Crippen LogP contribution in [0.25, 0.3) is 0 Å². The molecule has 0 aromatic rings. The zero-order valence-electron chi connectivity index (χ0n) is 9.52.